The van der Waals surface area contributed by atoms with E-state index in [1.165, 1.54) is 13.3 Å². The summed E-state index contributed by atoms with van der Waals surface area (Å²) >= 11 is 0. The van der Waals surface area contributed by atoms with Gasteiger partial charge < -0.3 is 19.6 Å². The van der Waals surface area contributed by atoms with Crippen molar-refractivity contribution in [3.8, 4) is 5.75 Å². The van der Waals surface area contributed by atoms with E-state index in [0.29, 0.717) is 16.6 Å². The molecule has 2 aromatic heterocycles. The lowest BCUT2D eigenvalue weighted by atomic mass is 9.87. The van der Waals surface area contributed by atoms with Gasteiger partial charge in [-0.3, -0.25) is 19.6 Å². The van der Waals surface area contributed by atoms with E-state index in [1.54, 1.807) is 24.4 Å². The van der Waals surface area contributed by atoms with Crippen molar-refractivity contribution < 1.29 is 24.2 Å². The molecule has 1 aromatic carbocycles. The van der Waals surface area contributed by atoms with Gasteiger partial charge in [-0.15, -0.1) is 0 Å². The number of methoxy groups -OCH3 is 2. The number of esters is 2. The Morgan fingerprint density at radius 3 is 2.54 bits per heavy atom. The number of aromatic amines is 1. The fraction of sp³-hybridized carbons (Fsp3) is 0.211. The topological polar surface area (TPSA) is 131 Å². The number of pyridine rings is 1. The molecule has 3 aromatic rings. The van der Waals surface area contributed by atoms with Gasteiger partial charge in [-0.25, -0.2) is 4.79 Å². The lowest BCUT2D eigenvalue weighted by Gasteiger charge is -2.18. The molecule has 0 aliphatic heterocycles. The largest absolute Gasteiger partial charge is 0.506 e. The van der Waals surface area contributed by atoms with Crippen LogP contribution < -0.4 is 5.56 Å². The van der Waals surface area contributed by atoms with E-state index in [0.717, 1.165) is 13.3 Å². The van der Waals surface area contributed by atoms with Gasteiger partial charge in [-0.05, 0) is 17.7 Å². The molecule has 0 fully saturated rings. The van der Waals surface area contributed by atoms with Gasteiger partial charge in [-0.1, -0.05) is 6.07 Å². The van der Waals surface area contributed by atoms with Crippen LogP contribution in [0.3, 0.4) is 0 Å². The van der Waals surface area contributed by atoms with Gasteiger partial charge in [-0.2, -0.15) is 0 Å². The quantitative estimate of drug-likeness (QED) is 0.634. The Bertz CT molecular complexity index is 1110. The third-order valence-corrected chi connectivity index (χ3v) is 4.35. The summed E-state index contributed by atoms with van der Waals surface area (Å²) in [5.74, 6) is -2.85. The first-order valence-corrected chi connectivity index (χ1v) is 8.26. The predicted octanol–water partition coefficient (Wildman–Crippen LogP) is 1.51. The number of hydrogen-bond donors (Lipinski definition) is 2. The second kappa shape index (κ2) is 7.87. The van der Waals surface area contributed by atoms with Gasteiger partial charge >= 0.3 is 11.9 Å². The fourth-order valence-corrected chi connectivity index (χ4v) is 2.96. The lowest BCUT2D eigenvalue weighted by Crippen LogP contribution is -2.22. The summed E-state index contributed by atoms with van der Waals surface area (Å²) in [6.07, 6.45) is 3.89. The van der Waals surface area contributed by atoms with Crippen molar-refractivity contribution in [2.75, 3.05) is 14.2 Å². The Labute approximate surface area is 159 Å². The zero-order valence-corrected chi connectivity index (χ0v) is 15.1. The van der Waals surface area contributed by atoms with Crippen LogP contribution in [-0.2, 0) is 14.3 Å². The summed E-state index contributed by atoms with van der Waals surface area (Å²) in [5, 5.41) is 10.6. The smallest absolute Gasteiger partial charge is 0.343 e. The highest BCUT2D eigenvalue weighted by molar-refractivity contribution is 5.92. The molecule has 9 heteroatoms. The maximum Gasteiger partial charge on any atom is 0.343 e. The van der Waals surface area contributed by atoms with Gasteiger partial charge in [0.1, 0.15) is 11.3 Å². The molecule has 0 amide bonds. The molecule has 0 spiro atoms. The molecular formula is C19H17N3O6. The molecule has 28 heavy (non-hydrogen) atoms. The van der Waals surface area contributed by atoms with E-state index >= 15 is 0 Å². The summed E-state index contributed by atoms with van der Waals surface area (Å²) in [5.41, 5.74) is 0.711. The summed E-state index contributed by atoms with van der Waals surface area (Å²) in [6, 6.07) is 5.03. The van der Waals surface area contributed by atoms with Crippen LogP contribution in [0.2, 0.25) is 0 Å². The Hall–Kier alpha value is -3.75. The number of rotatable bonds is 5. The van der Waals surface area contributed by atoms with E-state index in [2.05, 4.69) is 19.7 Å². The number of benzene rings is 1. The number of ether oxygens (including phenoxy) is 2. The SMILES string of the molecule is COC(=O)C[C@H](c1ccc2nccnc2c1)c1c(O)c(C(=O)OC)c[nH]c1=O. The van der Waals surface area contributed by atoms with Crippen molar-refractivity contribution in [1.82, 2.24) is 15.0 Å². The van der Waals surface area contributed by atoms with Crippen molar-refractivity contribution in [3.63, 3.8) is 0 Å². The number of aromatic nitrogens is 3. The van der Waals surface area contributed by atoms with Crippen LogP contribution in [0.1, 0.15) is 33.8 Å². The molecule has 0 radical (unpaired) electrons. The standard InChI is InChI=1S/C19H17N3O6/c1-27-15(23)8-11(10-3-4-13-14(7-10)21-6-5-20-13)16-17(24)12(19(26)28-2)9-22-18(16)25/h3-7,9,11H,8H2,1-2H3,(H2,22,24,25)/t11-/m1/s1. The molecule has 0 aliphatic carbocycles. The van der Waals surface area contributed by atoms with Crippen molar-refractivity contribution in [2.45, 2.75) is 12.3 Å². The van der Waals surface area contributed by atoms with Crippen LogP contribution in [0, 0.1) is 0 Å². The third kappa shape index (κ3) is 3.54. The molecule has 0 unspecified atom stereocenters. The Balaban J connectivity index is 2.21. The summed E-state index contributed by atoms with van der Waals surface area (Å²) < 4.78 is 9.36. The number of hydrogen-bond acceptors (Lipinski definition) is 8. The molecule has 144 valence electrons. The Kier molecular flexibility index (Phi) is 5.35. The maximum absolute atomic E-state index is 12.5. The number of fused-ring (bicyclic) bond motifs is 1. The number of nitrogens with zero attached hydrogens (tertiary/aromatic N) is 2. The van der Waals surface area contributed by atoms with Crippen molar-refractivity contribution >= 4 is 23.0 Å². The molecule has 2 heterocycles. The van der Waals surface area contributed by atoms with E-state index in [9.17, 15) is 19.5 Å². The average Bonchev–Trinajstić information content (AvgIpc) is 2.72. The van der Waals surface area contributed by atoms with E-state index in [-0.39, 0.29) is 17.5 Å². The van der Waals surface area contributed by atoms with E-state index < -0.39 is 29.2 Å². The first kappa shape index (κ1) is 19.0. The number of aromatic hydroxyl groups is 1. The van der Waals surface area contributed by atoms with Crippen LogP contribution in [0.15, 0.2) is 41.6 Å². The molecule has 0 bridgehead atoms. The molecule has 0 saturated carbocycles. The van der Waals surface area contributed by atoms with Crippen molar-refractivity contribution in [1.29, 1.82) is 0 Å². The average molecular weight is 383 g/mol. The summed E-state index contributed by atoms with van der Waals surface area (Å²) in [4.78, 5) is 47.2. The van der Waals surface area contributed by atoms with Gasteiger partial charge in [0.15, 0.2) is 0 Å². The minimum absolute atomic E-state index is 0.142. The monoisotopic (exact) mass is 383 g/mol. The van der Waals surface area contributed by atoms with Crippen LogP contribution in [0.4, 0.5) is 0 Å². The highest BCUT2D eigenvalue weighted by atomic mass is 16.5. The molecule has 0 saturated heterocycles. The highest BCUT2D eigenvalue weighted by Crippen LogP contribution is 2.34. The number of nitrogens with one attached hydrogen (secondary N) is 1. The number of carbonyl (C=O) groups excluding carboxylic acids is 2. The second-order valence-electron chi connectivity index (χ2n) is 5.92. The lowest BCUT2D eigenvalue weighted by molar-refractivity contribution is -0.140. The first-order valence-electron chi connectivity index (χ1n) is 8.26. The van der Waals surface area contributed by atoms with Crippen LogP contribution >= 0.6 is 0 Å². The maximum atomic E-state index is 12.5. The summed E-state index contributed by atoms with van der Waals surface area (Å²) in [7, 11) is 2.38. The zero-order valence-electron chi connectivity index (χ0n) is 15.1. The fourth-order valence-electron chi connectivity index (χ4n) is 2.96. The molecule has 0 aliphatic rings. The number of H-pyrrole nitrogens is 1. The Morgan fingerprint density at radius 1 is 1.14 bits per heavy atom. The summed E-state index contributed by atoms with van der Waals surface area (Å²) in [6.45, 7) is 0. The number of carbonyl (C=O) groups is 2. The molecule has 1 atom stereocenters. The van der Waals surface area contributed by atoms with Crippen molar-refractivity contribution in [2.24, 2.45) is 0 Å². The van der Waals surface area contributed by atoms with Crippen LogP contribution in [0.5, 0.6) is 5.75 Å². The van der Waals surface area contributed by atoms with Gasteiger partial charge in [0.2, 0.25) is 0 Å². The first-order chi connectivity index (χ1) is 13.5. The van der Waals surface area contributed by atoms with Crippen molar-refractivity contribution in [3.05, 3.63) is 63.8 Å². The second-order valence-corrected chi connectivity index (χ2v) is 5.92. The van der Waals surface area contributed by atoms with E-state index in [1.807, 2.05) is 0 Å². The van der Waals surface area contributed by atoms with Crippen LogP contribution in [-0.4, -0.2) is 46.2 Å². The van der Waals surface area contributed by atoms with Gasteiger partial charge in [0, 0.05) is 24.5 Å². The van der Waals surface area contributed by atoms with Gasteiger partial charge in [0.25, 0.3) is 5.56 Å². The molecule has 2 N–H and O–H groups in total. The molecule has 9 nitrogen and oxygen atoms in total. The molecular weight excluding hydrogens is 366 g/mol. The predicted molar refractivity (Wildman–Crippen MR) is 98.1 cm³/mol. The van der Waals surface area contributed by atoms with Crippen LogP contribution in [0.25, 0.3) is 11.0 Å². The minimum atomic E-state index is -0.882. The third-order valence-electron chi connectivity index (χ3n) is 4.35. The zero-order chi connectivity index (χ0) is 20.3. The minimum Gasteiger partial charge on any atom is -0.506 e. The van der Waals surface area contributed by atoms with Gasteiger partial charge in [0.05, 0.1) is 37.2 Å². The normalized spacial score (nSPS) is 11.8. The highest BCUT2D eigenvalue weighted by Gasteiger charge is 2.28. The van der Waals surface area contributed by atoms with E-state index in [4.69, 9.17) is 4.74 Å². The molecule has 3 rings (SSSR count). The Morgan fingerprint density at radius 2 is 1.86 bits per heavy atom.